The number of likely N-dealkylation sites (tertiary alicyclic amines) is 1. The van der Waals surface area contributed by atoms with Crippen LogP contribution in [0.15, 0.2) is 35.4 Å². The SMILES string of the molecule is CC.COc1ccc(-c2nsc3c(=O)n(CCCN4CCCC4=O)cnc23)cc1. The van der Waals surface area contributed by atoms with E-state index < -0.39 is 0 Å². The molecule has 3 aromatic rings. The minimum absolute atomic E-state index is 0.0787. The minimum atomic E-state index is -0.0787. The molecule has 1 amide bonds. The maximum atomic E-state index is 12.8. The third-order valence-corrected chi connectivity index (χ3v) is 5.64. The summed E-state index contributed by atoms with van der Waals surface area (Å²) in [5.41, 5.74) is 2.16. The van der Waals surface area contributed by atoms with Gasteiger partial charge in [-0.15, -0.1) is 0 Å². The lowest BCUT2D eigenvalue weighted by Gasteiger charge is -2.15. The Kier molecular flexibility index (Phi) is 6.98. The smallest absolute Gasteiger partial charge is 0.272 e. The van der Waals surface area contributed by atoms with Gasteiger partial charge in [-0.3, -0.25) is 14.2 Å². The van der Waals surface area contributed by atoms with Crippen LogP contribution in [0.5, 0.6) is 5.75 Å². The van der Waals surface area contributed by atoms with Gasteiger partial charge in [0.05, 0.1) is 13.4 Å². The van der Waals surface area contributed by atoms with Gasteiger partial charge in [0.1, 0.15) is 21.7 Å². The number of fused-ring (bicyclic) bond motifs is 1. The molecule has 0 spiro atoms. The second-order valence-electron chi connectivity index (χ2n) is 6.52. The second kappa shape index (κ2) is 9.65. The Morgan fingerprint density at radius 3 is 2.55 bits per heavy atom. The highest BCUT2D eigenvalue weighted by Gasteiger charge is 2.19. The fourth-order valence-corrected chi connectivity index (χ4v) is 4.13. The van der Waals surface area contributed by atoms with E-state index in [1.54, 1.807) is 18.0 Å². The maximum Gasteiger partial charge on any atom is 0.272 e. The Balaban J connectivity index is 0.00000117. The van der Waals surface area contributed by atoms with E-state index in [9.17, 15) is 9.59 Å². The molecule has 0 unspecified atom stereocenters. The standard InChI is InChI=1S/C19H20N4O3S.C2H6/c1-26-14-7-5-13(6-8-14)16-17-18(27-21-16)19(25)23(12-20-17)11-3-10-22-9-2-4-15(22)24;1-2/h5-8,12H,2-4,9-11H2,1H3;1-2H3. The van der Waals surface area contributed by atoms with Crippen LogP contribution in [0, 0.1) is 0 Å². The van der Waals surface area contributed by atoms with Gasteiger partial charge >= 0.3 is 0 Å². The number of aromatic nitrogens is 3. The van der Waals surface area contributed by atoms with Crippen molar-refractivity contribution in [1.29, 1.82) is 0 Å². The minimum Gasteiger partial charge on any atom is -0.497 e. The number of hydrogen-bond acceptors (Lipinski definition) is 6. The van der Waals surface area contributed by atoms with E-state index in [0.717, 1.165) is 30.7 Å². The molecule has 1 saturated heterocycles. The molecule has 8 heteroatoms. The van der Waals surface area contributed by atoms with Crippen LogP contribution < -0.4 is 10.3 Å². The first-order valence-electron chi connectivity index (χ1n) is 9.94. The summed E-state index contributed by atoms with van der Waals surface area (Å²) in [6, 6.07) is 7.55. The molecule has 154 valence electrons. The Hall–Kier alpha value is -2.74. The summed E-state index contributed by atoms with van der Waals surface area (Å²) >= 11 is 1.18. The molecule has 1 fully saturated rings. The van der Waals surface area contributed by atoms with Crippen LogP contribution in [0.2, 0.25) is 0 Å². The number of carbonyl (C=O) groups excluding carboxylic acids is 1. The van der Waals surface area contributed by atoms with Crippen molar-refractivity contribution in [2.75, 3.05) is 20.2 Å². The molecule has 1 aliphatic heterocycles. The van der Waals surface area contributed by atoms with Crippen molar-refractivity contribution in [3.05, 3.63) is 40.9 Å². The lowest BCUT2D eigenvalue weighted by molar-refractivity contribution is -0.127. The van der Waals surface area contributed by atoms with Gasteiger partial charge in [0.15, 0.2) is 0 Å². The normalized spacial score (nSPS) is 13.5. The molecular formula is C21H26N4O3S. The van der Waals surface area contributed by atoms with Gasteiger partial charge < -0.3 is 9.64 Å². The van der Waals surface area contributed by atoms with Crippen LogP contribution in [0.4, 0.5) is 0 Å². The molecule has 0 N–H and O–H groups in total. The molecule has 0 bridgehead atoms. The highest BCUT2D eigenvalue weighted by molar-refractivity contribution is 7.13. The van der Waals surface area contributed by atoms with Crippen molar-refractivity contribution in [1.82, 2.24) is 18.8 Å². The van der Waals surface area contributed by atoms with Gasteiger partial charge in [-0.25, -0.2) is 4.98 Å². The van der Waals surface area contributed by atoms with E-state index in [1.807, 2.05) is 43.0 Å². The molecular weight excluding hydrogens is 388 g/mol. The zero-order valence-corrected chi connectivity index (χ0v) is 17.9. The van der Waals surface area contributed by atoms with Crippen molar-refractivity contribution in [3.8, 4) is 17.0 Å². The average Bonchev–Trinajstić information content (AvgIpc) is 3.38. The van der Waals surface area contributed by atoms with Crippen molar-refractivity contribution in [2.45, 2.75) is 39.7 Å². The number of ether oxygens (including phenoxy) is 1. The van der Waals surface area contributed by atoms with Crippen LogP contribution in [0.3, 0.4) is 0 Å². The third-order valence-electron chi connectivity index (χ3n) is 4.81. The molecule has 3 heterocycles. The predicted octanol–water partition coefficient (Wildman–Crippen LogP) is 3.57. The van der Waals surface area contributed by atoms with E-state index >= 15 is 0 Å². The van der Waals surface area contributed by atoms with E-state index in [2.05, 4.69) is 9.36 Å². The van der Waals surface area contributed by atoms with Gasteiger partial charge in [0.2, 0.25) is 5.91 Å². The summed E-state index contributed by atoms with van der Waals surface area (Å²) in [4.78, 5) is 30.8. The summed E-state index contributed by atoms with van der Waals surface area (Å²) in [6.07, 6.45) is 3.89. The van der Waals surface area contributed by atoms with E-state index in [0.29, 0.717) is 35.4 Å². The number of benzene rings is 1. The van der Waals surface area contributed by atoms with Crippen LogP contribution in [0.25, 0.3) is 21.5 Å². The van der Waals surface area contributed by atoms with Gasteiger partial charge in [0.25, 0.3) is 5.56 Å². The summed E-state index contributed by atoms with van der Waals surface area (Å²) in [5, 5.41) is 0. The molecule has 0 radical (unpaired) electrons. The lowest BCUT2D eigenvalue weighted by atomic mass is 10.1. The molecule has 29 heavy (non-hydrogen) atoms. The molecule has 0 atom stereocenters. The Morgan fingerprint density at radius 2 is 1.90 bits per heavy atom. The van der Waals surface area contributed by atoms with Crippen molar-refractivity contribution in [3.63, 3.8) is 0 Å². The highest BCUT2D eigenvalue weighted by Crippen LogP contribution is 2.28. The first-order chi connectivity index (χ1) is 14.2. The maximum absolute atomic E-state index is 12.8. The number of nitrogens with zero attached hydrogens (tertiary/aromatic N) is 4. The number of amides is 1. The first kappa shape index (κ1) is 21.0. The first-order valence-corrected chi connectivity index (χ1v) is 10.7. The number of hydrogen-bond donors (Lipinski definition) is 0. The number of carbonyl (C=O) groups is 1. The highest BCUT2D eigenvalue weighted by atomic mass is 32.1. The monoisotopic (exact) mass is 414 g/mol. The third kappa shape index (κ3) is 4.48. The van der Waals surface area contributed by atoms with Crippen molar-refractivity contribution < 1.29 is 9.53 Å². The second-order valence-corrected chi connectivity index (χ2v) is 7.29. The Labute approximate surface area is 174 Å². The Morgan fingerprint density at radius 1 is 1.14 bits per heavy atom. The molecule has 1 aromatic carbocycles. The topological polar surface area (TPSA) is 77.3 Å². The number of aryl methyl sites for hydroxylation is 1. The van der Waals surface area contributed by atoms with Crippen LogP contribution >= 0.6 is 11.5 Å². The quantitative estimate of drug-likeness (QED) is 0.616. The molecule has 0 saturated carbocycles. The Bertz CT molecular complexity index is 1030. The van der Waals surface area contributed by atoms with Crippen LogP contribution in [-0.4, -0.2) is 44.9 Å². The number of methoxy groups -OCH3 is 1. The number of rotatable bonds is 6. The van der Waals surface area contributed by atoms with Crippen LogP contribution in [-0.2, 0) is 11.3 Å². The van der Waals surface area contributed by atoms with E-state index in [-0.39, 0.29) is 11.5 Å². The summed E-state index contributed by atoms with van der Waals surface area (Å²) in [7, 11) is 1.62. The molecule has 4 rings (SSSR count). The fraction of sp³-hybridized carbons (Fsp3) is 0.429. The lowest BCUT2D eigenvalue weighted by Crippen LogP contribution is -2.28. The van der Waals surface area contributed by atoms with Gasteiger partial charge in [-0.05, 0) is 48.6 Å². The van der Waals surface area contributed by atoms with Gasteiger partial charge in [-0.2, -0.15) is 4.37 Å². The summed E-state index contributed by atoms with van der Waals surface area (Å²) in [5.74, 6) is 0.979. The molecule has 7 nitrogen and oxygen atoms in total. The van der Waals surface area contributed by atoms with Gasteiger partial charge in [0, 0.05) is 31.6 Å². The fourth-order valence-electron chi connectivity index (χ4n) is 3.33. The predicted molar refractivity (Wildman–Crippen MR) is 115 cm³/mol. The summed E-state index contributed by atoms with van der Waals surface area (Å²) < 4.78 is 11.8. The molecule has 2 aromatic heterocycles. The zero-order valence-electron chi connectivity index (χ0n) is 17.1. The molecule has 0 aliphatic carbocycles. The van der Waals surface area contributed by atoms with Gasteiger partial charge in [-0.1, -0.05) is 13.8 Å². The molecule has 1 aliphatic rings. The largest absolute Gasteiger partial charge is 0.497 e. The van der Waals surface area contributed by atoms with Crippen molar-refractivity contribution in [2.24, 2.45) is 0 Å². The van der Waals surface area contributed by atoms with E-state index in [1.165, 1.54) is 11.5 Å². The average molecular weight is 415 g/mol. The van der Waals surface area contributed by atoms with Crippen LogP contribution in [0.1, 0.15) is 33.1 Å². The van der Waals surface area contributed by atoms with Crippen molar-refractivity contribution >= 4 is 27.7 Å². The summed E-state index contributed by atoms with van der Waals surface area (Å²) in [6.45, 7) is 6.05. The zero-order chi connectivity index (χ0) is 20.8. The van der Waals surface area contributed by atoms with E-state index in [4.69, 9.17) is 4.74 Å².